The summed E-state index contributed by atoms with van der Waals surface area (Å²) in [5.41, 5.74) is 3.43. The smallest absolute Gasteiger partial charge is 0.143 e. The minimum Gasteiger partial charge on any atom is -0.320 e. The van der Waals surface area contributed by atoms with Gasteiger partial charge in [0.15, 0.2) is 0 Å². The summed E-state index contributed by atoms with van der Waals surface area (Å²) in [7, 11) is 1.99. The van der Waals surface area contributed by atoms with Crippen LogP contribution in [-0.2, 0) is 12.5 Å². The second-order valence-corrected chi connectivity index (χ2v) is 6.72. The van der Waals surface area contributed by atoms with Crippen LogP contribution >= 0.6 is 11.6 Å². The Hall–Kier alpha value is -1.68. The van der Waals surface area contributed by atoms with Gasteiger partial charge in [-0.1, -0.05) is 23.8 Å². The van der Waals surface area contributed by atoms with Gasteiger partial charge in [0.1, 0.15) is 17.3 Å². The fourth-order valence-electron chi connectivity index (χ4n) is 3.39. The molecule has 108 valence electrons. The highest BCUT2D eigenvalue weighted by Gasteiger charge is 2.47. The van der Waals surface area contributed by atoms with Crippen molar-refractivity contribution in [2.24, 2.45) is 7.05 Å². The van der Waals surface area contributed by atoms with Crippen molar-refractivity contribution < 1.29 is 0 Å². The zero-order valence-electron chi connectivity index (χ0n) is 12.0. The van der Waals surface area contributed by atoms with Gasteiger partial charge in [0, 0.05) is 18.7 Å². The number of aryl methyl sites for hydroxylation is 1. The summed E-state index contributed by atoms with van der Waals surface area (Å²) in [4.78, 5) is 4.49. The van der Waals surface area contributed by atoms with Gasteiger partial charge >= 0.3 is 0 Å². The molecule has 2 aromatic heterocycles. The molecule has 4 rings (SSSR count). The molecule has 21 heavy (non-hydrogen) atoms. The Morgan fingerprint density at radius 1 is 1.33 bits per heavy atom. The average molecular weight is 301 g/mol. The van der Waals surface area contributed by atoms with Crippen LogP contribution < -0.4 is 0 Å². The Balaban J connectivity index is 1.85. The van der Waals surface area contributed by atoms with E-state index in [1.807, 2.05) is 17.7 Å². The van der Waals surface area contributed by atoms with Crippen molar-refractivity contribution in [3.63, 3.8) is 0 Å². The Bertz CT molecular complexity index is 722. The van der Waals surface area contributed by atoms with Gasteiger partial charge in [0.2, 0.25) is 0 Å². The summed E-state index contributed by atoms with van der Waals surface area (Å²) in [6, 6.07) is 4.19. The van der Waals surface area contributed by atoms with Crippen molar-refractivity contribution in [2.75, 3.05) is 0 Å². The molecule has 2 aliphatic rings. The highest BCUT2D eigenvalue weighted by Crippen LogP contribution is 2.52. The molecule has 0 aliphatic heterocycles. The van der Waals surface area contributed by atoms with E-state index in [1.54, 1.807) is 6.33 Å². The summed E-state index contributed by atoms with van der Waals surface area (Å²) in [5.74, 6) is 1.57. The van der Waals surface area contributed by atoms with E-state index in [-0.39, 0.29) is 5.41 Å². The zero-order chi connectivity index (χ0) is 14.6. The Kier molecular flexibility index (Phi) is 2.73. The summed E-state index contributed by atoms with van der Waals surface area (Å²) in [6.07, 6.45) is 6.00. The minimum atomic E-state index is -0.140. The molecule has 0 atom stereocenters. The third-order valence-electron chi connectivity index (χ3n) is 4.61. The van der Waals surface area contributed by atoms with Gasteiger partial charge in [-0.3, -0.25) is 0 Å². The first kappa shape index (κ1) is 13.0. The maximum absolute atomic E-state index is 6.27. The molecule has 0 spiro atoms. The number of hydrogen-bond donors (Lipinski definition) is 0. The van der Waals surface area contributed by atoms with E-state index < -0.39 is 0 Å². The number of allylic oxidation sites excluding steroid dienone is 1. The van der Waals surface area contributed by atoms with Crippen LogP contribution in [0.1, 0.15) is 48.7 Å². The molecule has 5 heteroatoms. The third-order valence-corrected chi connectivity index (χ3v) is 4.80. The molecule has 2 saturated carbocycles. The number of nitrogens with zero attached hydrogens (tertiary/aromatic N) is 4. The van der Waals surface area contributed by atoms with Crippen molar-refractivity contribution in [1.29, 1.82) is 0 Å². The summed E-state index contributed by atoms with van der Waals surface area (Å²) in [6.45, 7) is 4.11. The molecular formula is C16H17ClN4. The van der Waals surface area contributed by atoms with Crippen LogP contribution in [-0.4, -0.2) is 19.7 Å². The molecule has 4 nitrogen and oxygen atoms in total. The normalized spacial score (nSPS) is 20.4. The Morgan fingerprint density at radius 3 is 2.67 bits per heavy atom. The van der Waals surface area contributed by atoms with Crippen LogP contribution in [0, 0.1) is 0 Å². The summed E-state index contributed by atoms with van der Waals surface area (Å²) in [5, 5.41) is 8.97. The van der Waals surface area contributed by atoms with Crippen LogP contribution in [0.25, 0.3) is 0 Å². The Labute approximate surface area is 128 Å². The largest absolute Gasteiger partial charge is 0.320 e. The first-order valence-electron chi connectivity index (χ1n) is 7.27. The molecule has 0 saturated heterocycles. The maximum Gasteiger partial charge on any atom is 0.143 e. The van der Waals surface area contributed by atoms with E-state index in [2.05, 4.69) is 27.8 Å². The van der Waals surface area contributed by atoms with Crippen LogP contribution in [0.2, 0.25) is 5.15 Å². The van der Waals surface area contributed by atoms with Crippen molar-refractivity contribution in [1.82, 2.24) is 19.7 Å². The molecule has 0 N–H and O–H groups in total. The first-order chi connectivity index (χ1) is 10.1. The fraction of sp³-hybridized carbons (Fsp3) is 0.438. The maximum atomic E-state index is 6.27. The predicted octanol–water partition coefficient (Wildman–Crippen LogP) is 3.38. The van der Waals surface area contributed by atoms with Gasteiger partial charge in [-0.25, -0.2) is 4.98 Å². The molecule has 0 amide bonds. The minimum absolute atomic E-state index is 0.140. The van der Waals surface area contributed by atoms with E-state index in [0.717, 1.165) is 24.4 Å². The van der Waals surface area contributed by atoms with Crippen molar-refractivity contribution in [3.8, 4) is 0 Å². The fourth-order valence-corrected chi connectivity index (χ4v) is 3.61. The highest BCUT2D eigenvalue weighted by molar-refractivity contribution is 6.29. The van der Waals surface area contributed by atoms with Crippen molar-refractivity contribution in [3.05, 3.63) is 52.8 Å². The van der Waals surface area contributed by atoms with Crippen molar-refractivity contribution >= 4 is 11.6 Å². The number of pyridine rings is 1. The quantitative estimate of drug-likeness (QED) is 0.645. The van der Waals surface area contributed by atoms with Crippen LogP contribution in [0.3, 0.4) is 0 Å². The van der Waals surface area contributed by atoms with Gasteiger partial charge in [0.05, 0.1) is 5.41 Å². The van der Waals surface area contributed by atoms with Gasteiger partial charge in [-0.2, -0.15) is 0 Å². The van der Waals surface area contributed by atoms with E-state index in [0.29, 0.717) is 11.1 Å². The SMILES string of the molecule is C=C1CC(c2cc(Cl)nc(C3CC3)c2)(c2nncn2C)C1. The number of rotatable bonds is 3. The highest BCUT2D eigenvalue weighted by atomic mass is 35.5. The second kappa shape index (κ2) is 4.41. The molecular weight excluding hydrogens is 284 g/mol. The molecule has 2 aliphatic carbocycles. The van der Waals surface area contributed by atoms with Crippen LogP contribution in [0.5, 0.6) is 0 Å². The second-order valence-electron chi connectivity index (χ2n) is 6.33. The lowest BCUT2D eigenvalue weighted by Crippen LogP contribution is -2.39. The van der Waals surface area contributed by atoms with Crippen LogP contribution in [0.15, 0.2) is 30.6 Å². The molecule has 0 unspecified atom stereocenters. The third kappa shape index (κ3) is 2.01. The average Bonchev–Trinajstić information content (AvgIpc) is 3.17. The molecule has 0 bridgehead atoms. The topological polar surface area (TPSA) is 43.6 Å². The van der Waals surface area contributed by atoms with E-state index in [4.69, 9.17) is 11.6 Å². The lowest BCUT2D eigenvalue weighted by atomic mass is 9.61. The van der Waals surface area contributed by atoms with Gasteiger partial charge < -0.3 is 4.57 Å². The van der Waals surface area contributed by atoms with Gasteiger partial charge in [-0.15, -0.1) is 10.2 Å². The Morgan fingerprint density at radius 2 is 2.10 bits per heavy atom. The van der Waals surface area contributed by atoms with E-state index in [1.165, 1.54) is 24.0 Å². The molecule has 0 radical (unpaired) electrons. The summed E-state index contributed by atoms with van der Waals surface area (Å²) >= 11 is 6.27. The number of hydrogen-bond acceptors (Lipinski definition) is 3. The van der Waals surface area contributed by atoms with E-state index >= 15 is 0 Å². The molecule has 2 heterocycles. The number of aromatic nitrogens is 4. The lowest BCUT2D eigenvalue weighted by Gasteiger charge is -2.43. The standard InChI is InChI=1S/C16H17ClN4/c1-10-7-16(8-10,15-20-18-9-21(15)2)12-5-13(11-3-4-11)19-14(17)6-12/h5-6,9,11H,1,3-4,7-8H2,2H3. The lowest BCUT2D eigenvalue weighted by molar-refractivity contribution is 0.369. The molecule has 2 aromatic rings. The molecule has 0 aromatic carbocycles. The molecule has 2 fully saturated rings. The predicted molar refractivity (Wildman–Crippen MR) is 81.4 cm³/mol. The number of halogens is 1. The monoisotopic (exact) mass is 300 g/mol. The van der Waals surface area contributed by atoms with Gasteiger partial charge in [0.25, 0.3) is 0 Å². The van der Waals surface area contributed by atoms with Crippen LogP contribution in [0.4, 0.5) is 0 Å². The van der Waals surface area contributed by atoms with Gasteiger partial charge in [-0.05, 0) is 43.4 Å². The van der Waals surface area contributed by atoms with E-state index in [9.17, 15) is 0 Å². The first-order valence-corrected chi connectivity index (χ1v) is 7.65. The van der Waals surface area contributed by atoms with Crippen molar-refractivity contribution in [2.45, 2.75) is 37.0 Å². The zero-order valence-corrected chi connectivity index (χ0v) is 12.8. The summed E-state index contributed by atoms with van der Waals surface area (Å²) < 4.78 is 2.00.